The Morgan fingerprint density at radius 1 is 1.11 bits per heavy atom. The van der Waals surface area contributed by atoms with Crippen molar-refractivity contribution in [2.75, 3.05) is 0 Å². The molecule has 0 saturated heterocycles. The van der Waals surface area contributed by atoms with Crippen LogP contribution in [0.15, 0.2) is 24.3 Å². The van der Waals surface area contributed by atoms with Crippen molar-refractivity contribution in [1.29, 1.82) is 0 Å². The van der Waals surface area contributed by atoms with Gasteiger partial charge < -0.3 is 5.73 Å². The van der Waals surface area contributed by atoms with E-state index < -0.39 is 5.91 Å². The van der Waals surface area contributed by atoms with E-state index in [0.717, 1.165) is 28.1 Å². The molecule has 0 saturated carbocycles. The SMILES string of the molecule is Cc1ccc(C)c(-c2cc(C)nc(C(N)=O)n2)c1. The minimum absolute atomic E-state index is 0.0610. The summed E-state index contributed by atoms with van der Waals surface area (Å²) in [7, 11) is 0. The molecule has 0 atom stereocenters. The van der Waals surface area contributed by atoms with Gasteiger partial charge in [0.1, 0.15) is 0 Å². The number of hydrogen-bond donors (Lipinski definition) is 1. The van der Waals surface area contributed by atoms with Crippen LogP contribution in [-0.4, -0.2) is 15.9 Å². The van der Waals surface area contributed by atoms with Crippen molar-refractivity contribution in [1.82, 2.24) is 9.97 Å². The molecule has 0 bridgehead atoms. The van der Waals surface area contributed by atoms with E-state index in [-0.39, 0.29) is 5.82 Å². The second kappa shape index (κ2) is 4.56. The summed E-state index contributed by atoms with van der Waals surface area (Å²) in [6.07, 6.45) is 0. The highest BCUT2D eigenvalue weighted by molar-refractivity contribution is 5.89. The van der Waals surface area contributed by atoms with Crippen molar-refractivity contribution in [2.24, 2.45) is 5.73 Å². The zero-order valence-electron chi connectivity index (χ0n) is 10.7. The zero-order valence-corrected chi connectivity index (χ0v) is 10.7. The van der Waals surface area contributed by atoms with E-state index >= 15 is 0 Å². The predicted molar refractivity (Wildman–Crippen MR) is 70.2 cm³/mol. The second-order valence-corrected chi connectivity index (χ2v) is 4.40. The fraction of sp³-hybridized carbons (Fsp3) is 0.214. The molecule has 1 heterocycles. The van der Waals surface area contributed by atoms with Crippen LogP contribution in [0.4, 0.5) is 0 Å². The lowest BCUT2D eigenvalue weighted by Crippen LogP contribution is -2.16. The molecule has 0 aliphatic carbocycles. The minimum atomic E-state index is -0.606. The summed E-state index contributed by atoms with van der Waals surface area (Å²) in [5.74, 6) is -0.545. The maximum atomic E-state index is 11.2. The van der Waals surface area contributed by atoms with E-state index in [1.807, 2.05) is 45.0 Å². The molecule has 1 amide bonds. The van der Waals surface area contributed by atoms with Crippen LogP contribution < -0.4 is 5.73 Å². The van der Waals surface area contributed by atoms with Gasteiger partial charge in [-0.15, -0.1) is 0 Å². The van der Waals surface area contributed by atoms with Crippen LogP contribution in [-0.2, 0) is 0 Å². The second-order valence-electron chi connectivity index (χ2n) is 4.40. The highest BCUT2D eigenvalue weighted by Crippen LogP contribution is 2.23. The predicted octanol–water partition coefficient (Wildman–Crippen LogP) is 2.17. The van der Waals surface area contributed by atoms with Crippen LogP contribution in [0, 0.1) is 20.8 Å². The number of rotatable bonds is 2. The number of carbonyl (C=O) groups excluding carboxylic acids is 1. The Labute approximate surface area is 106 Å². The lowest BCUT2D eigenvalue weighted by Gasteiger charge is -2.08. The van der Waals surface area contributed by atoms with Crippen molar-refractivity contribution < 1.29 is 4.79 Å². The minimum Gasteiger partial charge on any atom is -0.363 e. The highest BCUT2D eigenvalue weighted by atomic mass is 16.1. The first-order chi connectivity index (χ1) is 8.47. The molecule has 1 aromatic carbocycles. The van der Waals surface area contributed by atoms with Crippen molar-refractivity contribution in [2.45, 2.75) is 20.8 Å². The molecule has 1 aromatic heterocycles. The summed E-state index contributed by atoms with van der Waals surface area (Å²) in [6, 6.07) is 7.98. The highest BCUT2D eigenvalue weighted by Gasteiger charge is 2.10. The van der Waals surface area contributed by atoms with Gasteiger partial charge >= 0.3 is 0 Å². The summed E-state index contributed by atoms with van der Waals surface area (Å²) in [5.41, 5.74) is 9.95. The monoisotopic (exact) mass is 241 g/mol. The fourth-order valence-electron chi connectivity index (χ4n) is 1.83. The Balaban J connectivity index is 2.63. The number of benzene rings is 1. The molecular weight excluding hydrogens is 226 g/mol. The number of primary amides is 1. The number of aromatic nitrogens is 2. The Hall–Kier alpha value is -2.23. The molecule has 2 rings (SSSR count). The molecular formula is C14H15N3O. The molecule has 4 nitrogen and oxygen atoms in total. The lowest BCUT2D eigenvalue weighted by molar-refractivity contribution is 0.0990. The summed E-state index contributed by atoms with van der Waals surface area (Å²) >= 11 is 0. The average Bonchev–Trinajstić information content (AvgIpc) is 2.31. The van der Waals surface area contributed by atoms with Crippen molar-refractivity contribution in [3.8, 4) is 11.3 Å². The number of nitrogens with two attached hydrogens (primary N) is 1. The maximum absolute atomic E-state index is 11.2. The third kappa shape index (κ3) is 2.37. The third-order valence-electron chi connectivity index (χ3n) is 2.74. The summed E-state index contributed by atoms with van der Waals surface area (Å²) in [4.78, 5) is 19.4. The molecule has 18 heavy (non-hydrogen) atoms. The van der Waals surface area contributed by atoms with Gasteiger partial charge in [-0.3, -0.25) is 4.79 Å². The number of carbonyl (C=O) groups is 1. The van der Waals surface area contributed by atoms with Crippen LogP contribution >= 0.6 is 0 Å². The van der Waals surface area contributed by atoms with Crippen LogP contribution in [0.5, 0.6) is 0 Å². The summed E-state index contributed by atoms with van der Waals surface area (Å²) in [5, 5.41) is 0. The average molecular weight is 241 g/mol. The van der Waals surface area contributed by atoms with Crippen LogP contribution in [0.25, 0.3) is 11.3 Å². The number of amides is 1. The molecule has 0 aliphatic heterocycles. The van der Waals surface area contributed by atoms with Crippen molar-refractivity contribution >= 4 is 5.91 Å². The lowest BCUT2D eigenvalue weighted by atomic mass is 10.0. The van der Waals surface area contributed by atoms with Gasteiger partial charge in [-0.25, -0.2) is 9.97 Å². The number of nitrogens with zero attached hydrogens (tertiary/aromatic N) is 2. The first-order valence-electron chi connectivity index (χ1n) is 5.70. The third-order valence-corrected chi connectivity index (χ3v) is 2.74. The molecule has 2 aromatic rings. The van der Waals surface area contributed by atoms with E-state index in [9.17, 15) is 4.79 Å². The molecule has 4 heteroatoms. The molecule has 0 spiro atoms. The molecule has 0 aliphatic rings. The van der Waals surface area contributed by atoms with E-state index in [4.69, 9.17) is 5.73 Å². The molecule has 0 fully saturated rings. The van der Waals surface area contributed by atoms with Gasteiger partial charge in [-0.05, 0) is 38.5 Å². The molecule has 0 radical (unpaired) electrons. The van der Waals surface area contributed by atoms with E-state index in [1.165, 1.54) is 0 Å². The van der Waals surface area contributed by atoms with E-state index in [1.54, 1.807) is 0 Å². The van der Waals surface area contributed by atoms with Gasteiger partial charge in [0, 0.05) is 11.3 Å². The van der Waals surface area contributed by atoms with E-state index in [2.05, 4.69) is 9.97 Å². The quantitative estimate of drug-likeness (QED) is 0.876. The van der Waals surface area contributed by atoms with Gasteiger partial charge in [-0.2, -0.15) is 0 Å². The van der Waals surface area contributed by atoms with Crippen LogP contribution in [0.1, 0.15) is 27.4 Å². The number of hydrogen-bond acceptors (Lipinski definition) is 3. The normalized spacial score (nSPS) is 10.4. The zero-order chi connectivity index (χ0) is 13.3. The largest absolute Gasteiger partial charge is 0.363 e. The number of aryl methyl sites for hydroxylation is 3. The Morgan fingerprint density at radius 2 is 1.83 bits per heavy atom. The van der Waals surface area contributed by atoms with Crippen molar-refractivity contribution in [3.63, 3.8) is 0 Å². The van der Waals surface area contributed by atoms with Gasteiger partial charge in [0.2, 0.25) is 5.82 Å². The van der Waals surface area contributed by atoms with Gasteiger partial charge in [0.05, 0.1) is 5.69 Å². The standard InChI is InChI=1S/C14H15N3O/c1-8-4-5-9(2)11(6-8)12-7-10(3)16-14(17-12)13(15)18/h4-7H,1-3H3,(H2,15,18). The molecule has 2 N–H and O–H groups in total. The topological polar surface area (TPSA) is 68.9 Å². The van der Waals surface area contributed by atoms with Gasteiger partial charge in [0.25, 0.3) is 5.91 Å². The summed E-state index contributed by atoms with van der Waals surface area (Å²) in [6.45, 7) is 5.85. The molecule has 92 valence electrons. The van der Waals surface area contributed by atoms with Crippen LogP contribution in [0.2, 0.25) is 0 Å². The maximum Gasteiger partial charge on any atom is 0.286 e. The van der Waals surface area contributed by atoms with Gasteiger partial charge in [0.15, 0.2) is 0 Å². The van der Waals surface area contributed by atoms with E-state index in [0.29, 0.717) is 0 Å². The van der Waals surface area contributed by atoms with Crippen molar-refractivity contribution in [3.05, 3.63) is 46.9 Å². The van der Waals surface area contributed by atoms with Gasteiger partial charge in [-0.1, -0.05) is 17.7 Å². The molecule has 0 unspecified atom stereocenters. The Morgan fingerprint density at radius 3 is 2.50 bits per heavy atom. The first-order valence-corrected chi connectivity index (χ1v) is 5.70. The Kier molecular flexibility index (Phi) is 3.10. The fourth-order valence-corrected chi connectivity index (χ4v) is 1.83. The smallest absolute Gasteiger partial charge is 0.286 e. The van der Waals surface area contributed by atoms with Crippen LogP contribution in [0.3, 0.4) is 0 Å². The summed E-state index contributed by atoms with van der Waals surface area (Å²) < 4.78 is 0. The Bertz CT molecular complexity index is 620. The first kappa shape index (κ1) is 12.2.